The Hall–Kier alpha value is -11.0. The van der Waals surface area contributed by atoms with E-state index in [1.165, 1.54) is 0 Å². The topological polar surface area (TPSA) is 663 Å². The molecule has 105 heavy (non-hydrogen) atoms. The van der Waals surface area contributed by atoms with Crippen LogP contribution in [-0.4, -0.2) is 192 Å². The molecule has 10 atom stereocenters. The molecular formula is C68H114N26O11. The standard InChI is InChI=1S/C68H114N26O11/c1-37(2)31-49(59(100)89-47(24-15-29-83-67(76)77)56(97)87-46(23-14-28-82-66(74)75)55(96)88-48(25-16-30-84-68(78)79)58(99)94-53(63(104)105)34-40-17-8-7-9-18-40)91-60(101)51(33-39(5)6)92-62(103)52(35-41-36-85-44-21-11-10-19-42(41)44)93-61(102)50(32-38(3)4)90-57(98)45(22-13-27-81-65(72)73)86-54(95)43(69)20-12-26-80-64(70)71/h7-11,17-19,21,36-39,43,45-53,85H,12-16,20,22-35,69H2,1-6H3,(H,86,95)(H,87,97)(H,88,96)(H,89,100)(H,90,98)(H,91,101)(H,92,103)(H,93,102)(H,94,99)(H,104,105)(H4,70,71,80)(H4,72,73,81)(H4,74,75,82)(H4,76,77,83)(H4,78,79,84)/t43-,45-,46-,47-,48-,49-,50-,51-,52-,53-/m0/s1. The number of aliphatic carboxylic acids is 1. The minimum absolute atomic E-state index is 0.00465. The first-order chi connectivity index (χ1) is 49.6. The third kappa shape index (κ3) is 35.2. The summed E-state index contributed by atoms with van der Waals surface area (Å²) < 4.78 is 0. The second-order valence-corrected chi connectivity index (χ2v) is 26.9. The van der Waals surface area contributed by atoms with Crippen LogP contribution >= 0.6 is 0 Å². The lowest BCUT2D eigenvalue weighted by molar-refractivity contribution is -0.142. The van der Waals surface area contributed by atoms with Gasteiger partial charge in [-0.1, -0.05) is 90.1 Å². The molecule has 0 aliphatic rings. The molecule has 0 aliphatic heterocycles. The van der Waals surface area contributed by atoms with Crippen molar-refractivity contribution in [2.24, 2.45) is 106 Å². The molecule has 3 rings (SSSR count). The molecule has 0 unspecified atom stereocenters. The van der Waals surface area contributed by atoms with Crippen LogP contribution in [0, 0.1) is 17.8 Å². The van der Waals surface area contributed by atoms with Crippen LogP contribution in [0.2, 0.25) is 0 Å². The van der Waals surface area contributed by atoms with Gasteiger partial charge in [-0.05, 0) is 118 Å². The molecule has 3 aromatic rings. The van der Waals surface area contributed by atoms with E-state index < -0.39 is 120 Å². The zero-order valence-electron chi connectivity index (χ0n) is 61.0. The Labute approximate surface area is 612 Å². The number of benzene rings is 2. The number of amides is 9. The van der Waals surface area contributed by atoms with E-state index >= 15 is 4.79 Å². The summed E-state index contributed by atoms with van der Waals surface area (Å²) in [7, 11) is 0. The van der Waals surface area contributed by atoms with Crippen molar-refractivity contribution in [1.82, 2.24) is 52.8 Å². The number of nitrogens with two attached hydrogens (primary N) is 11. The highest BCUT2D eigenvalue weighted by Crippen LogP contribution is 2.21. The number of fused-ring (bicyclic) bond motifs is 1. The maximum Gasteiger partial charge on any atom is 0.326 e. The number of para-hydroxylation sites is 1. The van der Waals surface area contributed by atoms with Crippen LogP contribution in [0.3, 0.4) is 0 Å². The number of hydrogen-bond acceptors (Lipinski definition) is 16. The van der Waals surface area contributed by atoms with E-state index in [0.29, 0.717) is 17.5 Å². The number of H-pyrrole nitrogens is 1. The fraction of sp³-hybridized carbons (Fsp3) is 0.574. The number of guanidine groups is 5. The molecule has 0 radical (unpaired) electrons. The van der Waals surface area contributed by atoms with Gasteiger partial charge >= 0.3 is 5.97 Å². The Morgan fingerprint density at radius 2 is 0.648 bits per heavy atom. The average molecular weight is 1470 g/mol. The highest BCUT2D eigenvalue weighted by molar-refractivity contribution is 5.99. The van der Waals surface area contributed by atoms with Gasteiger partial charge in [-0.15, -0.1) is 0 Å². The van der Waals surface area contributed by atoms with Gasteiger partial charge in [0.1, 0.15) is 54.4 Å². The van der Waals surface area contributed by atoms with Crippen molar-refractivity contribution in [3.8, 4) is 0 Å². The smallest absolute Gasteiger partial charge is 0.326 e. The number of carboxylic acid groups (broad SMARTS) is 1. The van der Waals surface area contributed by atoms with Gasteiger partial charge in [0.15, 0.2) is 29.8 Å². The quantitative estimate of drug-likeness (QED) is 0.0146. The molecule has 33 N–H and O–H groups in total. The first-order valence-electron chi connectivity index (χ1n) is 35.2. The highest BCUT2D eigenvalue weighted by atomic mass is 16.4. The minimum atomic E-state index is -1.46. The van der Waals surface area contributed by atoms with Gasteiger partial charge in [-0.3, -0.25) is 68.1 Å². The summed E-state index contributed by atoms with van der Waals surface area (Å²) in [6, 6.07) is 2.32. The average Bonchev–Trinajstić information content (AvgIpc) is 1.75. The van der Waals surface area contributed by atoms with Crippen molar-refractivity contribution >= 4 is 99.8 Å². The van der Waals surface area contributed by atoms with Crippen LogP contribution in [0.25, 0.3) is 10.9 Å². The Bertz CT molecular complexity index is 3450. The molecule has 37 nitrogen and oxygen atoms in total. The lowest BCUT2D eigenvalue weighted by Crippen LogP contribution is -2.61. The number of carboxylic acids is 1. The number of carbonyl (C=O) groups is 10. The van der Waals surface area contributed by atoms with Crippen LogP contribution in [0.5, 0.6) is 0 Å². The van der Waals surface area contributed by atoms with Crippen LogP contribution < -0.4 is 111 Å². The van der Waals surface area contributed by atoms with Gasteiger partial charge in [-0.2, -0.15) is 0 Å². The summed E-state index contributed by atoms with van der Waals surface area (Å²) in [4.78, 5) is 167. The van der Waals surface area contributed by atoms with E-state index in [4.69, 9.17) is 63.1 Å². The summed E-state index contributed by atoms with van der Waals surface area (Å²) in [6.07, 6.45) is 2.20. The van der Waals surface area contributed by atoms with Gasteiger partial charge in [-0.25, -0.2) is 4.79 Å². The zero-order chi connectivity index (χ0) is 78.3. The van der Waals surface area contributed by atoms with E-state index in [-0.39, 0.29) is 170 Å². The van der Waals surface area contributed by atoms with Crippen molar-refractivity contribution in [3.63, 3.8) is 0 Å². The highest BCUT2D eigenvalue weighted by Gasteiger charge is 2.37. The Balaban J connectivity index is 2.06. The van der Waals surface area contributed by atoms with Gasteiger partial charge in [0, 0.05) is 62.7 Å². The molecule has 0 fully saturated rings. The largest absolute Gasteiger partial charge is 0.480 e. The molecule has 0 spiro atoms. The van der Waals surface area contributed by atoms with Gasteiger partial charge in [0.05, 0.1) is 6.04 Å². The van der Waals surface area contributed by atoms with Crippen LogP contribution in [0.1, 0.15) is 136 Å². The van der Waals surface area contributed by atoms with E-state index in [1.54, 1.807) is 70.3 Å². The second kappa shape index (κ2) is 46.6. The lowest BCUT2D eigenvalue weighted by Gasteiger charge is -2.29. The molecule has 9 amide bonds. The summed E-state index contributed by atoms with van der Waals surface area (Å²) in [6.45, 7) is 11.1. The summed E-state index contributed by atoms with van der Waals surface area (Å²) in [5.74, 6) is -10.5. The molecule has 37 heteroatoms. The van der Waals surface area contributed by atoms with Crippen LogP contribution in [0.4, 0.5) is 0 Å². The monoisotopic (exact) mass is 1470 g/mol. The number of nitrogens with one attached hydrogen (secondary N) is 10. The lowest BCUT2D eigenvalue weighted by atomic mass is 9.98. The van der Waals surface area contributed by atoms with Crippen molar-refractivity contribution in [2.45, 2.75) is 198 Å². The summed E-state index contributed by atoms with van der Waals surface area (Å²) >= 11 is 0. The fourth-order valence-corrected chi connectivity index (χ4v) is 11.1. The number of aromatic amines is 1. The second-order valence-electron chi connectivity index (χ2n) is 26.9. The van der Waals surface area contributed by atoms with Crippen molar-refractivity contribution < 1.29 is 53.1 Å². The van der Waals surface area contributed by atoms with E-state index in [0.717, 1.165) is 10.9 Å². The number of rotatable bonds is 49. The van der Waals surface area contributed by atoms with Crippen LogP contribution in [0.15, 0.2) is 85.8 Å². The maximum absolute atomic E-state index is 15.1. The molecule has 2 aromatic carbocycles. The number of aromatic nitrogens is 1. The van der Waals surface area contributed by atoms with Crippen molar-refractivity contribution in [2.75, 3.05) is 32.7 Å². The van der Waals surface area contributed by atoms with Gasteiger partial charge < -0.3 is 121 Å². The van der Waals surface area contributed by atoms with Gasteiger partial charge in [0.2, 0.25) is 53.2 Å². The number of hydrogen-bond donors (Lipinski definition) is 22. The predicted octanol–water partition coefficient (Wildman–Crippen LogP) is -3.87. The van der Waals surface area contributed by atoms with E-state index in [1.807, 2.05) is 32.0 Å². The third-order valence-electron chi connectivity index (χ3n) is 16.3. The normalized spacial score (nSPS) is 14.0. The van der Waals surface area contributed by atoms with E-state index in [2.05, 4.69) is 77.8 Å². The summed E-state index contributed by atoms with van der Waals surface area (Å²) in [5.41, 5.74) is 63.7. The molecular weight excluding hydrogens is 1360 g/mol. The van der Waals surface area contributed by atoms with E-state index in [9.17, 15) is 48.3 Å². The first kappa shape index (κ1) is 88.2. The van der Waals surface area contributed by atoms with Crippen molar-refractivity contribution in [1.29, 1.82) is 0 Å². The minimum Gasteiger partial charge on any atom is -0.480 e. The molecule has 1 aromatic heterocycles. The molecule has 0 saturated heterocycles. The van der Waals surface area contributed by atoms with Crippen molar-refractivity contribution in [3.05, 3.63) is 71.9 Å². The third-order valence-corrected chi connectivity index (χ3v) is 16.3. The SMILES string of the molecule is CC(C)C[C@H](NC(=O)[C@H](CC(C)C)NC(=O)[C@H](Cc1c[nH]c2ccccc12)NC(=O)[C@H](CC(C)C)NC(=O)[C@H](CCCN=C(N)N)NC(=O)[C@@H](N)CCCN=C(N)N)C(=O)N[C@@H](CCCN=C(N)N)C(=O)N[C@@H](CCCN=C(N)N)C(=O)N[C@@H](CCCN=C(N)N)C(=O)N[C@@H](Cc1ccccc1)C(=O)O. The Morgan fingerprint density at radius 3 is 0.990 bits per heavy atom. The fourth-order valence-electron chi connectivity index (χ4n) is 11.1. The molecule has 0 bridgehead atoms. The number of nitrogens with zero attached hydrogens (tertiary/aromatic N) is 5. The number of carbonyl (C=O) groups excluding carboxylic acids is 9. The Kier molecular flexibility index (Phi) is 39.1. The molecule has 0 aliphatic carbocycles. The first-order valence-corrected chi connectivity index (χ1v) is 35.2. The molecule has 582 valence electrons. The van der Waals surface area contributed by atoms with Crippen LogP contribution in [-0.2, 0) is 60.8 Å². The number of aliphatic imine (C=N–C) groups is 5. The zero-order valence-corrected chi connectivity index (χ0v) is 61.0. The predicted molar refractivity (Wildman–Crippen MR) is 403 cm³/mol. The van der Waals surface area contributed by atoms with Gasteiger partial charge in [0.25, 0.3) is 0 Å². The Morgan fingerprint density at radius 1 is 0.362 bits per heavy atom. The maximum atomic E-state index is 15.1. The summed E-state index contributed by atoms with van der Waals surface area (Å²) in [5, 5.41) is 35.5. The molecule has 0 saturated carbocycles. The molecule has 1 heterocycles.